The van der Waals surface area contributed by atoms with Gasteiger partial charge in [-0.05, 0) is 12.2 Å². The quantitative estimate of drug-likeness (QED) is 0.820. The first-order valence-electron chi connectivity index (χ1n) is 4.16. The Kier molecular flexibility index (Phi) is 2.90. The predicted molar refractivity (Wildman–Crippen MR) is 56.4 cm³/mol. The van der Waals surface area contributed by atoms with Crippen molar-refractivity contribution in [3.05, 3.63) is 17.5 Å². The maximum Gasteiger partial charge on any atom is 0.148 e. The van der Waals surface area contributed by atoms with Crippen molar-refractivity contribution in [2.45, 2.75) is 12.5 Å². The van der Waals surface area contributed by atoms with Crippen molar-refractivity contribution >= 4 is 29.2 Å². The molecule has 5 heteroatoms. The van der Waals surface area contributed by atoms with Gasteiger partial charge in [0.2, 0.25) is 0 Å². The zero-order valence-corrected chi connectivity index (χ0v) is 8.61. The van der Waals surface area contributed by atoms with Gasteiger partial charge in [0.15, 0.2) is 0 Å². The Morgan fingerprint density at radius 3 is 3.23 bits per heavy atom. The van der Waals surface area contributed by atoms with Gasteiger partial charge in [0, 0.05) is 11.8 Å². The monoisotopic (exact) mass is 215 g/mol. The van der Waals surface area contributed by atoms with Crippen LogP contribution in [-0.2, 0) is 0 Å². The summed E-state index contributed by atoms with van der Waals surface area (Å²) in [5.41, 5.74) is 0. The topological polar surface area (TPSA) is 37.8 Å². The summed E-state index contributed by atoms with van der Waals surface area (Å²) in [4.78, 5) is 7.91. The average Bonchev–Trinajstić information content (AvgIpc) is 2.61. The third-order valence-corrected chi connectivity index (χ3v) is 3.38. The number of thioether (sulfide) groups is 1. The predicted octanol–water partition coefficient (Wildman–Crippen LogP) is 2.05. The van der Waals surface area contributed by atoms with Crippen molar-refractivity contribution in [1.82, 2.24) is 9.97 Å². The first kappa shape index (κ1) is 9.09. The van der Waals surface area contributed by atoms with Crippen molar-refractivity contribution < 1.29 is 0 Å². The van der Waals surface area contributed by atoms with E-state index in [0.717, 1.165) is 11.6 Å². The molecular formula is C8H10ClN3S. The number of rotatable bonds is 2. The first-order valence-corrected chi connectivity index (χ1v) is 5.69. The van der Waals surface area contributed by atoms with Gasteiger partial charge in [-0.3, -0.25) is 0 Å². The van der Waals surface area contributed by atoms with Gasteiger partial charge in [-0.15, -0.1) is 0 Å². The summed E-state index contributed by atoms with van der Waals surface area (Å²) in [7, 11) is 0. The molecule has 1 unspecified atom stereocenters. The number of hydrogen-bond acceptors (Lipinski definition) is 4. The van der Waals surface area contributed by atoms with Gasteiger partial charge in [0.25, 0.3) is 0 Å². The van der Waals surface area contributed by atoms with Crippen LogP contribution in [0.1, 0.15) is 6.42 Å². The summed E-state index contributed by atoms with van der Waals surface area (Å²) in [6, 6.07) is 0.511. The van der Waals surface area contributed by atoms with E-state index < -0.39 is 0 Å². The lowest BCUT2D eigenvalue weighted by Gasteiger charge is -2.11. The van der Waals surface area contributed by atoms with E-state index in [1.54, 1.807) is 6.20 Å². The molecule has 1 aromatic heterocycles. The summed E-state index contributed by atoms with van der Waals surface area (Å²) >= 11 is 7.87. The Hall–Kier alpha value is -0.480. The van der Waals surface area contributed by atoms with E-state index in [1.165, 1.54) is 18.5 Å². The highest BCUT2D eigenvalue weighted by atomic mass is 35.5. The summed E-state index contributed by atoms with van der Waals surface area (Å²) in [5, 5.41) is 3.90. The van der Waals surface area contributed by atoms with Crippen molar-refractivity contribution in [1.29, 1.82) is 0 Å². The molecule has 0 bridgehead atoms. The van der Waals surface area contributed by atoms with Crippen LogP contribution in [0.5, 0.6) is 0 Å². The van der Waals surface area contributed by atoms with Gasteiger partial charge in [0.1, 0.15) is 17.2 Å². The normalized spacial score (nSPS) is 21.8. The first-order chi connectivity index (χ1) is 6.36. The molecule has 2 heterocycles. The molecule has 0 radical (unpaired) electrons. The maximum atomic E-state index is 5.91. The minimum absolute atomic E-state index is 0.511. The van der Waals surface area contributed by atoms with E-state index >= 15 is 0 Å². The largest absolute Gasteiger partial charge is 0.365 e. The van der Waals surface area contributed by atoms with Crippen molar-refractivity contribution in [3.63, 3.8) is 0 Å². The lowest BCUT2D eigenvalue weighted by Crippen LogP contribution is -2.19. The lowest BCUT2D eigenvalue weighted by molar-refractivity contribution is 0.805. The van der Waals surface area contributed by atoms with Gasteiger partial charge in [0.05, 0.1) is 6.20 Å². The molecule has 70 valence electrons. The zero-order valence-electron chi connectivity index (χ0n) is 7.03. The molecule has 1 atom stereocenters. The van der Waals surface area contributed by atoms with Crippen molar-refractivity contribution in [2.24, 2.45) is 0 Å². The minimum Gasteiger partial charge on any atom is -0.365 e. The molecule has 1 fully saturated rings. The van der Waals surface area contributed by atoms with Crippen LogP contribution in [0.2, 0.25) is 5.02 Å². The van der Waals surface area contributed by atoms with Crippen LogP contribution >= 0.6 is 23.4 Å². The van der Waals surface area contributed by atoms with Crippen LogP contribution in [0.3, 0.4) is 0 Å². The summed E-state index contributed by atoms with van der Waals surface area (Å²) in [6.45, 7) is 0. The van der Waals surface area contributed by atoms with Gasteiger partial charge in [-0.1, -0.05) is 11.6 Å². The Labute approximate surface area is 86.3 Å². The molecule has 2 rings (SSSR count). The highest BCUT2D eigenvalue weighted by Crippen LogP contribution is 2.23. The molecule has 1 aliphatic heterocycles. The standard InChI is InChI=1S/C8H10ClN3S/c9-7-3-10-5-11-8(7)12-6-1-2-13-4-6/h3,5-6H,1-2,4H2,(H,10,11,12). The molecule has 1 aromatic rings. The number of aromatic nitrogens is 2. The third-order valence-electron chi connectivity index (χ3n) is 1.94. The molecule has 0 amide bonds. The molecule has 1 aliphatic rings. The fourth-order valence-electron chi connectivity index (χ4n) is 1.26. The second-order valence-corrected chi connectivity index (χ2v) is 4.48. The fraction of sp³-hybridized carbons (Fsp3) is 0.500. The Morgan fingerprint density at radius 1 is 1.62 bits per heavy atom. The van der Waals surface area contributed by atoms with E-state index in [9.17, 15) is 0 Å². The smallest absolute Gasteiger partial charge is 0.148 e. The van der Waals surface area contributed by atoms with Crippen LogP contribution in [0, 0.1) is 0 Å². The second-order valence-electron chi connectivity index (χ2n) is 2.92. The number of nitrogens with one attached hydrogen (secondary N) is 1. The molecule has 0 spiro atoms. The van der Waals surface area contributed by atoms with E-state index in [0.29, 0.717) is 11.1 Å². The van der Waals surface area contributed by atoms with Gasteiger partial charge in [-0.2, -0.15) is 11.8 Å². The molecular weight excluding hydrogens is 206 g/mol. The van der Waals surface area contributed by atoms with E-state index in [4.69, 9.17) is 11.6 Å². The minimum atomic E-state index is 0.511. The molecule has 0 aromatic carbocycles. The van der Waals surface area contributed by atoms with E-state index in [2.05, 4.69) is 15.3 Å². The summed E-state index contributed by atoms with van der Waals surface area (Å²) in [5.74, 6) is 3.12. The van der Waals surface area contributed by atoms with E-state index in [1.807, 2.05) is 11.8 Å². The van der Waals surface area contributed by atoms with Gasteiger partial charge >= 0.3 is 0 Å². The summed E-state index contributed by atoms with van der Waals surface area (Å²) < 4.78 is 0. The maximum absolute atomic E-state index is 5.91. The molecule has 13 heavy (non-hydrogen) atoms. The fourth-order valence-corrected chi connectivity index (χ4v) is 2.57. The molecule has 0 aliphatic carbocycles. The zero-order chi connectivity index (χ0) is 9.10. The molecule has 1 N–H and O–H groups in total. The Morgan fingerprint density at radius 2 is 2.54 bits per heavy atom. The van der Waals surface area contributed by atoms with E-state index in [-0.39, 0.29) is 0 Å². The molecule has 3 nitrogen and oxygen atoms in total. The second kappa shape index (κ2) is 4.15. The van der Waals surface area contributed by atoms with Crippen LogP contribution in [-0.4, -0.2) is 27.5 Å². The average molecular weight is 216 g/mol. The van der Waals surface area contributed by atoms with Crippen LogP contribution in [0.25, 0.3) is 0 Å². The molecule has 1 saturated heterocycles. The van der Waals surface area contributed by atoms with Crippen LogP contribution in [0.15, 0.2) is 12.5 Å². The number of anilines is 1. The van der Waals surface area contributed by atoms with Gasteiger partial charge in [-0.25, -0.2) is 9.97 Å². The van der Waals surface area contributed by atoms with Crippen LogP contribution in [0.4, 0.5) is 5.82 Å². The SMILES string of the molecule is Clc1cncnc1NC1CCSC1. The van der Waals surface area contributed by atoms with Crippen molar-refractivity contribution in [2.75, 3.05) is 16.8 Å². The van der Waals surface area contributed by atoms with Crippen LogP contribution < -0.4 is 5.32 Å². The Balaban J connectivity index is 2.04. The molecule has 0 saturated carbocycles. The third kappa shape index (κ3) is 2.25. The number of halogens is 1. The highest BCUT2D eigenvalue weighted by Gasteiger charge is 2.16. The highest BCUT2D eigenvalue weighted by molar-refractivity contribution is 7.99. The lowest BCUT2D eigenvalue weighted by atomic mass is 10.2. The number of hydrogen-bond donors (Lipinski definition) is 1. The Bertz CT molecular complexity index is 288. The van der Waals surface area contributed by atoms with Crippen molar-refractivity contribution in [3.8, 4) is 0 Å². The van der Waals surface area contributed by atoms with Gasteiger partial charge < -0.3 is 5.32 Å². The summed E-state index contributed by atoms with van der Waals surface area (Å²) in [6.07, 6.45) is 4.31. The number of nitrogens with zero attached hydrogens (tertiary/aromatic N) is 2.